The van der Waals surface area contributed by atoms with Crippen LogP contribution in [-0.2, 0) is 11.2 Å². The number of likely N-dealkylation sites (N-methyl/N-ethyl adjacent to an activating group) is 2. The van der Waals surface area contributed by atoms with Crippen molar-refractivity contribution in [2.24, 2.45) is 0 Å². The van der Waals surface area contributed by atoms with E-state index in [2.05, 4.69) is 59.5 Å². The van der Waals surface area contributed by atoms with Crippen LogP contribution in [0.15, 0.2) is 48.7 Å². The summed E-state index contributed by atoms with van der Waals surface area (Å²) < 4.78 is 5.62. The number of aromatic nitrogens is 2. The van der Waals surface area contributed by atoms with Crippen molar-refractivity contribution in [3.63, 3.8) is 0 Å². The number of aryl methyl sites for hydroxylation is 1. The van der Waals surface area contributed by atoms with Crippen LogP contribution in [-0.4, -0.2) is 72.2 Å². The third-order valence-electron chi connectivity index (χ3n) is 6.68. The van der Waals surface area contributed by atoms with E-state index in [-0.39, 0.29) is 12.1 Å². The SMILES string of the molecule is CCN(CC)CCN(C)C(=O)c1ccc(Nc2ncc3c(n2)-c2ccc(C)cc2NC(OC)C3)cc1. The smallest absolute Gasteiger partial charge is 0.253 e. The first-order chi connectivity index (χ1) is 17.4. The molecule has 190 valence electrons. The number of methoxy groups -OCH3 is 1. The first kappa shape index (κ1) is 25.6. The van der Waals surface area contributed by atoms with E-state index in [4.69, 9.17) is 9.72 Å². The lowest BCUT2D eigenvalue weighted by Crippen LogP contribution is -2.36. The maximum absolute atomic E-state index is 12.8. The topological polar surface area (TPSA) is 82.6 Å². The van der Waals surface area contributed by atoms with Crippen molar-refractivity contribution in [1.29, 1.82) is 0 Å². The van der Waals surface area contributed by atoms with Gasteiger partial charge in [-0.25, -0.2) is 9.97 Å². The summed E-state index contributed by atoms with van der Waals surface area (Å²) in [6, 6.07) is 13.7. The van der Waals surface area contributed by atoms with Crippen LogP contribution < -0.4 is 10.6 Å². The van der Waals surface area contributed by atoms with Gasteiger partial charge in [0.15, 0.2) is 0 Å². The first-order valence-electron chi connectivity index (χ1n) is 12.5. The Morgan fingerprint density at radius 1 is 1.14 bits per heavy atom. The molecular weight excluding hydrogens is 452 g/mol. The Hall–Kier alpha value is -3.49. The van der Waals surface area contributed by atoms with Crippen molar-refractivity contribution in [3.05, 3.63) is 65.4 Å². The third-order valence-corrected chi connectivity index (χ3v) is 6.68. The second-order valence-electron chi connectivity index (χ2n) is 9.15. The van der Waals surface area contributed by atoms with Gasteiger partial charge >= 0.3 is 0 Å². The Morgan fingerprint density at radius 2 is 1.89 bits per heavy atom. The van der Waals surface area contributed by atoms with Gasteiger partial charge in [-0.2, -0.15) is 0 Å². The molecule has 1 atom stereocenters. The van der Waals surface area contributed by atoms with Gasteiger partial charge in [-0.1, -0.05) is 26.0 Å². The highest BCUT2D eigenvalue weighted by Gasteiger charge is 2.22. The number of anilines is 3. The second-order valence-corrected chi connectivity index (χ2v) is 9.15. The molecule has 4 rings (SSSR count). The van der Waals surface area contributed by atoms with Crippen LogP contribution >= 0.6 is 0 Å². The van der Waals surface area contributed by atoms with Crippen LogP contribution in [0.4, 0.5) is 17.3 Å². The van der Waals surface area contributed by atoms with Crippen LogP contribution in [0.25, 0.3) is 11.3 Å². The number of nitrogens with zero attached hydrogens (tertiary/aromatic N) is 4. The lowest BCUT2D eigenvalue weighted by atomic mass is 10.0. The molecule has 36 heavy (non-hydrogen) atoms. The van der Waals surface area contributed by atoms with E-state index in [0.717, 1.165) is 47.8 Å². The molecule has 2 aromatic carbocycles. The summed E-state index contributed by atoms with van der Waals surface area (Å²) in [6.07, 6.45) is 2.37. The van der Waals surface area contributed by atoms with E-state index in [1.807, 2.05) is 37.5 Å². The Labute approximate surface area is 213 Å². The van der Waals surface area contributed by atoms with Crippen LogP contribution in [0.5, 0.6) is 0 Å². The Morgan fingerprint density at radius 3 is 2.58 bits per heavy atom. The molecule has 8 nitrogen and oxygen atoms in total. The molecule has 0 saturated carbocycles. The maximum atomic E-state index is 12.8. The predicted octanol–water partition coefficient (Wildman–Crippen LogP) is 4.55. The minimum atomic E-state index is -0.149. The molecule has 1 aromatic heterocycles. The lowest BCUT2D eigenvalue weighted by Gasteiger charge is -2.23. The number of nitrogens with one attached hydrogen (secondary N) is 2. The molecule has 1 aliphatic heterocycles. The minimum Gasteiger partial charge on any atom is -0.361 e. The fourth-order valence-corrected chi connectivity index (χ4v) is 4.38. The summed E-state index contributed by atoms with van der Waals surface area (Å²) in [5.41, 5.74) is 6.58. The van der Waals surface area contributed by atoms with Crippen LogP contribution in [0.1, 0.15) is 35.3 Å². The fourth-order valence-electron chi connectivity index (χ4n) is 4.38. The average molecular weight is 489 g/mol. The zero-order valence-corrected chi connectivity index (χ0v) is 21.8. The summed E-state index contributed by atoms with van der Waals surface area (Å²) in [7, 11) is 3.55. The van der Waals surface area contributed by atoms with Gasteiger partial charge in [-0.3, -0.25) is 4.79 Å². The quantitative estimate of drug-likeness (QED) is 0.457. The summed E-state index contributed by atoms with van der Waals surface area (Å²) in [5.74, 6) is 0.522. The Kier molecular flexibility index (Phi) is 8.18. The van der Waals surface area contributed by atoms with Crippen molar-refractivity contribution in [2.45, 2.75) is 33.4 Å². The Balaban J connectivity index is 1.49. The molecule has 3 aromatic rings. The van der Waals surface area contributed by atoms with E-state index >= 15 is 0 Å². The second kappa shape index (κ2) is 11.5. The fraction of sp³-hybridized carbons (Fsp3) is 0.393. The summed E-state index contributed by atoms with van der Waals surface area (Å²) in [4.78, 5) is 26.3. The highest BCUT2D eigenvalue weighted by molar-refractivity contribution is 5.94. The molecule has 2 N–H and O–H groups in total. The summed E-state index contributed by atoms with van der Waals surface area (Å²) in [6.45, 7) is 9.88. The van der Waals surface area contributed by atoms with Crippen LogP contribution in [0, 0.1) is 6.92 Å². The number of rotatable bonds is 9. The van der Waals surface area contributed by atoms with Crippen LogP contribution in [0.2, 0.25) is 0 Å². The number of carbonyl (C=O) groups is 1. The molecule has 1 amide bonds. The summed E-state index contributed by atoms with van der Waals surface area (Å²) in [5, 5.41) is 6.75. The minimum absolute atomic E-state index is 0.0158. The Bertz CT molecular complexity index is 1190. The highest BCUT2D eigenvalue weighted by atomic mass is 16.5. The number of ether oxygens (including phenoxy) is 1. The molecule has 0 fully saturated rings. The molecule has 0 aliphatic carbocycles. The van der Waals surface area contributed by atoms with Crippen molar-refractivity contribution in [2.75, 3.05) is 51.0 Å². The molecule has 2 heterocycles. The largest absolute Gasteiger partial charge is 0.361 e. The van der Waals surface area contributed by atoms with Gasteiger partial charge in [0, 0.05) is 67.9 Å². The summed E-state index contributed by atoms with van der Waals surface area (Å²) >= 11 is 0. The molecule has 0 radical (unpaired) electrons. The first-order valence-corrected chi connectivity index (χ1v) is 12.5. The van der Waals surface area contributed by atoms with Crippen molar-refractivity contribution in [3.8, 4) is 11.3 Å². The predicted molar refractivity (Wildman–Crippen MR) is 145 cm³/mol. The van der Waals surface area contributed by atoms with Gasteiger partial charge in [-0.15, -0.1) is 0 Å². The van der Waals surface area contributed by atoms with Gasteiger partial charge in [0.05, 0.1) is 5.69 Å². The van der Waals surface area contributed by atoms with Crippen molar-refractivity contribution >= 4 is 23.2 Å². The average Bonchev–Trinajstić information content (AvgIpc) is 3.05. The number of carbonyl (C=O) groups excluding carboxylic acids is 1. The standard InChI is InChI=1S/C28H36N6O2/c1-6-34(7-2)15-14-33(4)27(35)20-9-11-22(12-10-20)30-28-29-18-21-17-25(36-5)31-24-16-19(3)8-13-23(24)26(21)32-28/h8-13,16,18,25,31H,6-7,14-15,17H2,1-5H3,(H,29,30,32). The number of hydrogen-bond acceptors (Lipinski definition) is 7. The lowest BCUT2D eigenvalue weighted by molar-refractivity contribution is 0.0780. The van der Waals surface area contributed by atoms with E-state index in [1.165, 1.54) is 5.56 Å². The molecule has 0 spiro atoms. The zero-order valence-electron chi connectivity index (χ0n) is 21.8. The van der Waals surface area contributed by atoms with Gasteiger partial charge in [0.2, 0.25) is 5.95 Å². The number of amides is 1. The van der Waals surface area contributed by atoms with E-state index in [0.29, 0.717) is 24.5 Å². The molecule has 0 bridgehead atoms. The van der Waals surface area contributed by atoms with Crippen LogP contribution in [0.3, 0.4) is 0 Å². The normalized spacial score (nSPS) is 14.4. The number of fused-ring (bicyclic) bond motifs is 3. The van der Waals surface area contributed by atoms with Gasteiger partial charge in [0.25, 0.3) is 5.91 Å². The molecule has 1 aliphatic rings. The van der Waals surface area contributed by atoms with E-state index in [9.17, 15) is 4.79 Å². The van der Waals surface area contributed by atoms with Gasteiger partial charge in [0.1, 0.15) is 6.23 Å². The van der Waals surface area contributed by atoms with Gasteiger partial charge in [-0.05, 0) is 55.9 Å². The van der Waals surface area contributed by atoms with E-state index < -0.39 is 0 Å². The molecule has 1 unspecified atom stereocenters. The third kappa shape index (κ3) is 5.83. The number of hydrogen-bond donors (Lipinski definition) is 2. The molecule has 0 saturated heterocycles. The maximum Gasteiger partial charge on any atom is 0.253 e. The molecule has 8 heteroatoms. The monoisotopic (exact) mass is 488 g/mol. The highest BCUT2D eigenvalue weighted by Crippen LogP contribution is 2.35. The number of benzene rings is 2. The zero-order chi connectivity index (χ0) is 25.7. The van der Waals surface area contributed by atoms with E-state index in [1.54, 1.807) is 12.0 Å². The van der Waals surface area contributed by atoms with Crippen molar-refractivity contribution < 1.29 is 9.53 Å². The molecular formula is C28H36N6O2. The van der Waals surface area contributed by atoms with Crippen molar-refractivity contribution in [1.82, 2.24) is 19.8 Å². The van der Waals surface area contributed by atoms with Gasteiger partial charge < -0.3 is 25.2 Å².